The van der Waals surface area contributed by atoms with E-state index in [1.807, 2.05) is 30.0 Å². The molecule has 1 saturated carbocycles. The molecule has 1 saturated heterocycles. The van der Waals surface area contributed by atoms with Gasteiger partial charge in [-0.2, -0.15) is 0 Å². The zero-order valence-corrected chi connectivity index (χ0v) is 21.9. The maximum absolute atomic E-state index is 13.2. The number of pyridine rings is 1. The van der Waals surface area contributed by atoms with E-state index < -0.39 is 21.0 Å². The van der Waals surface area contributed by atoms with Crippen LogP contribution in [0.1, 0.15) is 36.6 Å². The van der Waals surface area contributed by atoms with E-state index in [9.17, 15) is 9.59 Å². The van der Waals surface area contributed by atoms with Crippen LogP contribution in [0.3, 0.4) is 0 Å². The Kier molecular flexibility index (Phi) is 5.95. The van der Waals surface area contributed by atoms with E-state index in [0.717, 1.165) is 24.4 Å². The molecule has 3 atom stereocenters. The van der Waals surface area contributed by atoms with Gasteiger partial charge in [-0.1, -0.05) is 0 Å². The number of amides is 1. The third kappa shape index (κ3) is 4.12. The number of carbonyl (C=O) groups excluding carboxylic acids is 2. The summed E-state index contributed by atoms with van der Waals surface area (Å²) in [4.78, 5) is 42.9. The van der Waals surface area contributed by atoms with Crippen LogP contribution in [0.15, 0.2) is 24.7 Å². The van der Waals surface area contributed by atoms with Crippen LogP contribution < -0.4 is 21.0 Å². The number of ketones is 1. The molecule has 3 aromatic heterocycles. The Hall–Kier alpha value is -2.41. The van der Waals surface area contributed by atoms with Gasteiger partial charge >= 0.3 is 179 Å². The molecule has 0 bridgehead atoms. The number of piperidine rings is 1. The fraction of sp³-hybridized carbons (Fsp3) is 0.478. The van der Waals surface area contributed by atoms with Crippen molar-refractivity contribution in [1.82, 2.24) is 34.5 Å². The van der Waals surface area contributed by atoms with Gasteiger partial charge in [-0.25, -0.2) is 0 Å². The van der Waals surface area contributed by atoms with Gasteiger partial charge in [-0.3, -0.25) is 0 Å². The number of rotatable bonds is 7. The van der Waals surface area contributed by atoms with Gasteiger partial charge in [-0.15, -0.1) is 0 Å². The zero-order valence-electron chi connectivity index (χ0n) is 19.7. The fourth-order valence-corrected chi connectivity index (χ4v) is 7.33. The summed E-state index contributed by atoms with van der Waals surface area (Å²) in [6.07, 6.45) is 6.29. The molecule has 0 aromatic carbocycles. The first-order valence-electron chi connectivity index (χ1n) is 11.2. The quantitative estimate of drug-likeness (QED) is 0.113. The Morgan fingerprint density at radius 1 is 1.24 bits per heavy atom. The van der Waals surface area contributed by atoms with Crippen LogP contribution in [0.25, 0.3) is 22.2 Å². The predicted molar refractivity (Wildman–Crippen MR) is 123 cm³/mol. The third-order valence-electron chi connectivity index (χ3n) is 6.75. The summed E-state index contributed by atoms with van der Waals surface area (Å²) in [5.41, 5.74) is 8.70. The van der Waals surface area contributed by atoms with E-state index in [4.69, 9.17) is 5.70 Å². The zero-order chi connectivity index (χ0) is 24.2. The Labute approximate surface area is 209 Å². The van der Waals surface area contributed by atoms with Crippen LogP contribution >= 0.6 is 0 Å². The van der Waals surface area contributed by atoms with Gasteiger partial charge in [-0.05, 0) is 14.1 Å². The number of halogens is 1. The van der Waals surface area contributed by atoms with Crippen LogP contribution in [0.4, 0.5) is 0 Å². The van der Waals surface area contributed by atoms with Crippen LogP contribution in [0, 0.1) is 11.3 Å². The summed E-state index contributed by atoms with van der Waals surface area (Å²) in [5, 5.41) is 5.17. The molecule has 1 aliphatic heterocycles. The second-order valence-electron chi connectivity index (χ2n) is 9.76. The van der Waals surface area contributed by atoms with Crippen LogP contribution in [-0.4, -0.2) is 76.6 Å². The Bertz CT molecular complexity index is 1280. The summed E-state index contributed by atoms with van der Waals surface area (Å²) >= 11 is -0.562. The van der Waals surface area contributed by atoms with Gasteiger partial charge in [0.15, 0.2) is 0 Å². The van der Waals surface area contributed by atoms with Crippen molar-refractivity contribution in [2.24, 2.45) is 11.3 Å². The number of aromatic nitrogens is 5. The number of nitrogens with zero attached hydrogens (tertiary/aromatic N) is 7. The van der Waals surface area contributed by atoms with Crippen molar-refractivity contribution < 1.29 is 30.6 Å². The summed E-state index contributed by atoms with van der Waals surface area (Å²) in [5.74, 6) is 1.09. The van der Waals surface area contributed by atoms with Crippen molar-refractivity contribution in [2.45, 2.75) is 37.4 Å². The SMILES string of the molecule is [B][I-]C1C2CC2(C)CN1C(=O)Cn1nc(C(C)=O)c2cc(-c3cnc(CN(C)C)nc3)ncc21. The normalized spacial score (nSPS) is 23.6. The van der Waals surface area contributed by atoms with E-state index in [1.165, 1.54) is 6.92 Å². The number of likely N-dealkylation sites (tertiary alicyclic amines) is 1. The number of hydrogen-bond donors (Lipinski definition) is 0. The van der Waals surface area contributed by atoms with Crippen molar-refractivity contribution in [1.29, 1.82) is 0 Å². The predicted octanol–water partition coefficient (Wildman–Crippen LogP) is -1.48. The first-order valence-corrected chi connectivity index (χ1v) is 13.6. The average molecular weight is 570 g/mol. The van der Waals surface area contributed by atoms with Gasteiger partial charge < -0.3 is 4.90 Å². The van der Waals surface area contributed by atoms with Gasteiger partial charge in [0.1, 0.15) is 5.82 Å². The minimum atomic E-state index is -0.562. The van der Waals surface area contributed by atoms with E-state index in [0.29, 0.717) is 34.8 Å². The number of alkyl halides is 1. The molecule has 9 nitrogen and oxygen atoms in total. The Balaban J connectivity index is 1.44. The molecule has 176 valence electrons. The summed E-state index contributed by atoms with van der Waals surface area (Å²) in [7, 11) is 3.92. The number of carbonyl (C=O) groups is 2. The van der Waals surface area contributed by atoms with Gasteiger partial charge in [0.25, 0.3) is 0 Å². The summed E-state index contributed by atoms with van der Waals surface area (Å²) in [6.45, 7) is 5.18. The second kappa shape index (κ2) is 8.67. The second-order valence-corrected chi connectivity index (χ2v) is 11.8. The molecule has 1 amide bonds. The third-order valence-corrected chi connectivity index (χ3v) is 9.02. The fourth-order valence-electron chi connectivity index (χ4n) is 4.81. The molecular formula is C23H26BIN7O2-. The first kappa shape index (κ1) is 23.3. The number of Topliss-reactive ketones (excluding diaryl/α,β-unsaturated/α-hetero) is 1. The van der Waals surface area contributed by atoms with Crippen molar-refractivity contribution in [3.05, 3.63) is 36.2 Å². The summed E-state index contributed by atoms with van der Waals surface area (Å²) in [6, 6.07) is 1.82. The molecule has 34 heavy (non-hydrogen) atoms. The Morgan fingerprint density at radius 2 is 1.97 bits per heavy atom. The molecule has 2 aliphatic rings. The minimum absolute atomic E-state index is 0.00275. The topological polar surface area (TPSA) is 97.1 Å². The molecular weight excluding hydrogens is 544 g/mol. The van der Waals surface area contributed by atoms with E-state index in [-0.39, 0.29) is 27.7 Å². The van der Waals surface area contributed by atoms with Crippen LogP contribution in [0.5, 0.6) is 0 Å². The monoisotopic (exact) mass is 570 g/mol. The van der Waals surface area contributed by atoms with Crippen LogP contribution in [-0.2, 0) is 17.9 Å². The maximum atomic E-state index is 13.2. The van der Waals surface area contributed by atoms with Gasteiger partial charge in [0, 0.05) is 0 Å². The molecule has 11 heteroatoms. The number of fused-ring (bicyclic) bond motifs is 2. The van der Waals surface area contributed by atoms with Crippen molar-refractivity contribution in [3.8, 4) is 11.3 Å². The molecule has 5 rings (SSSR count). The van der Waals surface area contributed by atoms with Crippen molar-refractivity contribution in [2.75, 3.05) is 20.6 Å². The van der Waals surface area contributed by atoms with Crippen molar-refractivity contribution >= 4 is 28.3 Å². The molecule has 1 aliphatic carbocycles. The van der Waals surface area contributed by atoms with E-state index in [1.54, 1.807) is 23.3 Å². The molecule has 3 aromatic rings. The molecule has 4 heterocycles. The molecule has 0 N–H and O–H groups in total. The molecule has 2 fully saturated rings. The first-order chi connectivity index (χ1) is 16.2. The molecule has 3 unspecified atom stereocenters. The molecule has 0 spiro atoms. The van der Waals surface area contributed by atoms with Gasteiger partial charge in [0.2, 0.25) is 0 Å². The van der Waals surface area contributed by atoms with E-state index in [2.05, 4.69) is 27.0 Å². The average Bonchev–Trinajstić information content (AvgIpc) is 3.18. The molecule has 2 radical (unpaired) electrons. The van der Waals surface area contributed by atoms with Crippen molar-refractivity contribution in [3.63, 3.8) is 0 Å². The summed E-state index contributed by atoms with van der Waals surface area (Å²) < 4.78 is 1.78. The Morgan fingerprint density at radius 3 is 2.62 bits per heavy atom. The number of hydrogen-bond acceptors (Lipinski definition) is 7. The standard InChI is InChI=1S/C23H26BIN7O2/c1-13(33)21-15-5-17(14-7-27-19(28-8-14)10-30(3)4)26-9-18(15)32(29-21)11-20(34)31-12-23(2)6-16(23)22(31)25-24/h5,7-9,16,22H,6,10-12H2,1-4H3/q-1. The van der Waals surface area contributed by atoms with Crippen LogP contribution in [0.2, 0.25) is 0 Å². The van der Waals surface area contributed by atoms with Gasteiger partial charge in [0.05, 0.1) is 6.54 Å². The van der Waals surface area contributed by atoms with E-state index >= 15 is 0 Å².